The van der Waals surface area contributed by atoms with Crippen molar-refractivity contribution in [2.45, 2.75) is 32.4 Å². The monoisotopic (exact) mass is 354 g/mol. The Morgan fingerprint density at radius 2 is 2.15 bits per heavy atom. The lowest BCUT2D eigenvalue weighted by atomic mass is 10.1. The Kier molecular flexibility index (Phi) is 6.91. The Hall–Kier alpha value is -3.15. The highest BCUT2D eigenvalue weighted by atomic mass is 16.5. The number of nitrogens with one attached hydrogen (secondary N) is 1. The molecule has 6 nitrogen and oxygen atoms in total. The number of carboxylic acids is 1. The van der Waals surface area contributed by atoms with E-state index in [4.69, 9.17) is 4.74 Å². The van der Waals surface area contributed by atoms with E-state index in [1.165, 1.54) is 0 Å². The zero-order chi connectivity index (χ0) is 18.9. The Labute approximate surface area is 152 Å². The van der Waals surface area contributed by atoms with Crippen molar-refractivity contribution in [1.82, 2.24) is 10.3 Å². The van der Waals surface area contributed by atoms with Crippen LogP contribution in [0.1, 0.15) is 34.5 Å². The topological polar surface area (TPSA) is 88.5 Å². The number of amides is 1. The van der Waals surface area contributed by atoms with E-state index in [1.54, 1.807) is 30.5 Å². The molecule has 0 saturated carbocycles. The predicted molar refractivity (Wildman–Crippen MR) is 98.1 cm³/mol. The van der Waals surface area contributed by atoms with E-state index >= 15 is 0 Å². The van der Waals surface area contributed by atoms with Crippen LogP contribution < -0.4 is 10.1 Å². The molecule has 0 aliphatic heterocycles. The van der Waals surface area contributed by atoms with E-state index in [-0.39, 0.29) is 6.61 Å². The number of allylic oxidation sites excluding steroid dienone is 1. The standard InChI is InChI=1S/C20H22N2O4/c1-3-4-8-18(20(24)25)22-19(23)16-7-5-6-15(11-16)13-26-17-10-9-14(2)21-12-17/h3,5-7,9-12,18H,1,4,8,13H2,2H3,(H,22,23)(H,24,25). The SMILES string of the molecule is C=CCCC(NC(=O)c1cccc(COc2ccc(C)nc2)c1)C(=O)O. The minimum absolute atomic E-state index is 0.282. The number of hydrogen-bond donors (Lipinski definition) is 2. The van der Waals surface area contributed by atoms with Crippen LogP contribution >= 0.6 is 0 Å². The lowest BCUT2D eigenvalue weighted by molar-refractivity contribution is -0.139. The third kappa shape index (κ3) is 5.73. The molecule has 0 aliphatic rings. The Morgan fingerprint density at radius 3 is 2.81 bits per heavy atom. The molecule has 1 unspecified atom stereocenters. The number of aliphatic carboxylic acids is 1. The van der Waals surface area contributed by atoms with Gasteiger partial charge in [-0.25, -0.2) is 4.79 Å². The minimum atomic E-state index is -1.06. The number of nitrogens with zero attached hydrogens (tertiary/aromatic N) is 1. The van der Waals surface area contributed by atoms with Gasteiger partial charge in [-0.2, -0.15) is 0 Å². The first kappa shape index (κ1) is 19.2. The fraction of sp³-hybridized carbons (Fsp3) is 0.250. The van der Waals surface area contributed by atoms with E-state index < -0.39 is 17.9 Å². The third-order valence-corrected chi connectivity index (χ3v) is 3.74. The second-order valence-electron chi connectivity index (χ2n) is 5.85. The lowest BCUT2D eigenvalue weighted by Gasteiger charge is -2.14. The molecule has 6 heteroatoms. The molecule has 2 rings (SSSR count). The summed E-state index contributed by atoms with van der Waals surface area (Å²) in [5.74, 6) is -0.854. The second kappa shape index (κ2) is 9.36. The van der Waals surface area contributed by atoms with Crippen LogP contribution in [0.2, 0.25) is 0 Å². The van der Waals surface area contributed by atoms with E-state index in [1.807, 2.05) is 25.1 Å². The number of benzene rings is 1. The summed E-state index contributed by atoms with van der Waals surface area (Å²) in [5, 5.41) is 11.7. The van der Waals surface area contributed by atoms with Crippen LogP contribution in [0.4, 0.5) is 0 Å². The average Bonchev–Trinajstić information content (AvgIpc) is 2.64. The first-order valence-corrected chi connectivity index (χ1v) is 8.28. The van der Waals surface area contributed by atoms with Crippen LogP contribution in [-0.2, 0) is 11.4 Å². The summed E-state index contributed by atoms with van der Waals surface area (Å²) in [6.07, 6.45) is 4.08. The van der Waals surface area contributed by atoms with E-state index in [9.17, 15) is 14.7 Å². The predicted octanol–water partition coefficient (Wildman–Crippen LogP) is 3.12. The van der Waals surface area contributed by atoms with Crippen molar-refractivity contribution in [2.75, 3.05) is 0 Å². The van der Waals surface area contributed by atoms with Gasteiger partial charge in [0.1, 0.15) is 18.4 Å². The zero-order valence-corrected chi connectivity index (χ0v) is 14.6. The molecule has 0 saturated heterocycles. The van der Waals surface area contributed by atoms with E-state index in [0.29, 0.717) is 24.2 Å². The Bertz CT molecular complexity index is 772. The van der Waals surface area contributed by atoms with Gasteiger partial charge >= 0.3 is 5.97 Å². The number of carboxylic acid groups (broad SMARTS) is 1. The Balaban J connectivity index is 2.00. The van der Waals surface area contributed by atoms with E-state index in [2.05, 4.69) is 16.9 Å². The molecule has 136 valence electrons. The quantitative estimate of drug-likeness (QED) is 0.676. The third-order valence-electron chi connectivity index (χ3n) is 3.74. The number of ether oxygens (including phenoxy) is 1. The first-order valence-electron chi connectivity index (χ1n) is 8.28. The van der Waals surface area contributed by atoms with Crippen molar-refractivity contribution in [1.29, 1.82) is 0 Å². The summed E-state index contributed by atoms with van der Waals surface area (Å²) in [4.78, 5) is 27.7. The molecular weight excluding hydrogens is 332 g/mol. The van der Waals surface area contributed by atoms with Crippen LogP contribution in [0.5, 0.6) is 5.75 Å². The molecule has 0 aliphatic carbocycles. The molecule has 1 aromatic carbocycles. The van der Waals surface area contributed by atoms with Crippen LogP contribution in [0.3, 0.4) is 0 Å². The zero-order valence-electron chi connectivity index (χ0n) is 14.6. The summed E-state index contributed by atoms with van der Waals surface area (Å²) in [5.41, 5.74) is 2.09. The molecule has 1 atom stereocenters. The number of aryl methyl sites for hydroxylation is 1. The van der Waals surface area contributed by atoms with E-state index in [0.717, 1.165) is 11.3 Å². The summed E-state index contributed by atoms with van der Waals surface area (Å²) in [7, 11) is 0. The number of carbonyl (C=O) groups is 2. The molecule has 2 aromatic rings. The molecule has 1 heterocycles. The minimum Gasteiger partial charge on any atom is -0.487 e. The van der Waals surface area contributed by atoms with Gasteiger partial charge in [0.15, 0.2) is 0 Å². The van der Waals surface area contributed by atoms with Crippen molar-refractivity contribution >= 4 is 11.9 Å². The summed E-state index contributed by atoms with van der Waals surface area (Å²) >= 11 is 0. The second-order valence-corrected chi connectivity index (χ2v) is 5.85. The molecule has 2 N–H and O–H groups in total. The molecule has 0 radical (unpaired) electrons. The molecule has 0 bridgehead atoms. The van der Waals surface area contributed by atoms with Gasteiger partial charge in [-0.05, 0) is 49.6 Å². The number of pyridine rings is 1. The Morgan fingerprint density at radius 1 is 1.35 bits per heavy atom. The number of carbonyl (C=O) groups excluding carboxylic acids is 1. The molecule has 0 fully saturated rings. The normalized spacial score (nSPS) is 11.4. The smallest absolute Gasteiger partial charge is 0.326 e. The van der Waals surface area contributed by atoms with Gasteiger partial charge in [0.05, 0.1) is 6.20 Å². The highest BCUT2D eigenvalue weighted by Crippen LogP contribution is 2.13. The first-order chi connectivity index (χ1) is 12.5. The van der Waals surface area contributed by atoms with Crippen LogP contribution in [-0.4, -0.2) is 28.0 Å². The van der Waals surface area contributed by atoms with Crippen molar-refractivity contribution in [3.63, 3.8) is 0 Å². The molecule has 26 heavy (non-hydrogen) atoms. The molecule has 1 amide bonds. The van der Waals surface area contributed by atoms with Gasteiger partial charge in [-0.15, -0.1) is 6.58 Å². The van der Waals surface area contributed by atoms with Gasteiger partial charge in [0.25, 0.3) is 5.91 Å². The molecular formula is C20H22N2O4. The van der Waals surface area contributed by atoms with Gasteiger partial charge in [0.2, 0.25) is 0 Å². The maximum Gasteiger partial charge on any atom is 0.326 e. The van der Waals surface area contributed by atoms with Crippen molar-refractivity contribution in [3.8, 4) is 5.75 Å². The maximum absolute atomic E-state index is 12.3. The average molecular weight is 354 g/mol. The number of aromatic nitrogens is 1. The fourth-order valence-corrected chi connectivity index (χ4v) is 2.29. The summed E-state index contributed by atoms with van der Waals surface area (Å²) < 4.78 is 5.65. The van der Waals surface area contributed by atoms with Gasteiger partial charge in [-0.1, -0.05) is 18.2 Å². The van der Waals surface area contributed by atoms with Crippen molar-refractivity contribution in [2.24, 2.45) is 0 Å². The van der Waals surface area contributed by atoms with Gasteiger partial charge in [0, 0.05) is 11.3 Å². The molecule has 1 aromatic heterocycles. The van der Waals surface area contributed by atoms with Crippen molar-refractivity contribution in [3.05, 3.63) is 72.1 Å². The van der Waals surface area contributed by atoms with Crippen LogP contribution in [0, 0.1) is 6.92 Å². The maximum atomic E-state index is 12.3. The highest BCUT2D eigenvalue weighted by Gasteiger charge is 2.19. The molecule has 0 spiro atoms. The highest BCUT2D eigenvalue weighted by molar-refractivity contribution is 5.96. The van der Waals surface area contributed by atoms with Gasteiger partial charge < -0.3 is 15.2 Å². The largest absolute Gasteiger partial charge is 0.487 e. The fourth-order valence-electron chi connectivity index (χ4n) is 2.29. The summed E-state index contributed by atoms with van der Waals surface area (Å²) in [6.45, 7) is 5.74. The number of rotatable bonds is 9. The van der Waals surface area contributed by atoms with Crippen molar-refractivity contribution < 1.29 is 19.4 Å². The summed E-state index contributed by atoms with van der Waals surface area (Å²) in [6, 6.07) is 9.64. The number of hydrogen-bond acceptors (Lipinski definition) is 4. The van der Waals surface area contributed by atoms with Crippen LogP contribution in [0.15, 0.2) is 55.3 Å². The van der Waals surface area contributed by atoms with Gasteiger partial charge in [-0.3, -0.25) is 9.78 Å². The van der Waals surface area contributed by atoms with Crippen LogP contribution in [0.25, 0.3) is 0 Å². The lowest BCUT2D eigenvalue weighted by Crippen LogP contribution is -2.40.